The van der Waals surface area contributed by atoms with E-state index in [-0.39, 0.29) is 24.9 Å². The Morgan fingerprint density at radius 3 is 2.59 bits per heavy atom. The van der Waals surface area contributed by atoms with Gasteiger partial charge in [0.05, 0.1) is 0 Å². The molecule has 1 N–H and O–H groups in total. The van der Waals surface area contributed by atoms with Crippen LogP contribution in [0, 0.1) is 5.92 Å². The minimum atomic E-state index is -2.51. The lowest BCUT2D eigenvalue weighted by molar-refractivity contribution is -0.0941. The monoisotopic (exact) mass is 387 g/mol. The summed E-state index contributed by atoms with van der Waals surface area (Å²) in [5.74, 6) is -1.88. The number of rotatable bonds is 4. The van der Waals surface area contributed by atoms with E-state index in [0.29, 0.717) is 18.5 Å². The second-order valence-corrected chi connectivity index (χ2v) is 9.36. The van der Waals surface area contributed by atoms with Crippen LogP contribution in [0.1, 0.15) is 25.7 Å². The number of alkyl halides is 2. The summed E-state index contributed by atoms with van der Waals surface area (Å²) < 4.78 is 28.2. The average Bonchev–Trinajstić information content (AvgIpc) is 2.81. The maximum Gasteiger partial charge on any atom is 0.250 e. The molecule has 5 nitrogen and oxygen atoms in total. The van der Waals surface area contributed by atoms with Gasteiger partial charge >= 0.3 is 0 Å². The Balaban J connectivity index is 1.60. The smallest absolute Gasteiger partial charge is 0.250 e. The van der Waals surface area contributed by atoms with E-state index in [1.807, 2.05) is 7.05 Å². The summed E-state index contributed by atoms with van der Waals surface area (Å²) in [5, 5.41) is 3.55. The Morgan fingerprint density at radius 2 is 1.81 bits per heavy atom. The summed E-state index contributed by atoms with van der Waals surface area (Å²) in [6.07, 6.45) is 2.13. The number of hydrogen-bond donors (Lipinski definition) is 1. The molecule has 0 spiro atoms. The summed E-state index contributed by atoms with van der Waals surface area (Å²) in [5.41, 5.74) is 0. The molecule has 3 rings (SSSR count). The van der Waals surface area contributed by atoms with Gasteiger partial charge in [-0.3, -0.25) is 0 Å². The molecule has 4 atom stereocenters. The van der Waals surface area contributed by atoms with E-state index in [9.17, 15) is 8.78 Å². The van der Waals surface area contributed by atoms with Crippen LogP contribution < -0.4 is 5.32 Å². The van der Waals surface area contributed by atoms with Crippen LogP contribution in [0.25, 0.3) is 0 Å². The predicted molar refractivity (Wildman–Crippen MR) is 107 cm³/mol. The molecule has 0 bridgehead atoms. The lowest BCUT2D eigenvalue weighted by Crippen LogP contribution is -2.59. The van der Waals surface area contributed by atoms with Crippen molar-refractivity contribution < 1.29 is 8.78 Å². The molecule has 3 aliphatic heterocycles. The number of hydrogen-bond acceptors (Lipinski definition) is 5. The highest BCUT2D eigenvalue weighted by Gasteiger charge is 2.45. The van der Waals surface area contributed by atoms with Crippen molar-refractivity contribution in [2.75, 3.05) is 74.0 Å². The van der Waals surface area contributed by atoms with E-state index < -0.39 is 5.92 Å². The summed E-state index contributed by atoms with van der Waals surface area (Å²) >= 11 is 0. The maximum atomic E-state index is 14.1. The fraction of sp³-hybridized carbons (Fsp3) is 1.00. The number of likely N-dealkylation sites (tertiary alicyclic amines) is 2. The number of halogens is 2. The highest BCUT2D eigenvalue weighted by Crippen LogP contribution is 2.36. The molecule has 3 saturated heterocycles. The van der Waals surface area contributed by atoms with Crippen LogP contribution in [0.15, 0.2) is 0 Å². The van der Waals surface area contributed by atoms with Crippen LogP contribution in [0.3, 0.4) is 0 Å². The first-order chi connectivity index (χ1) is 12.7. The zero-order chi connectivity index (χ0) is 19.6. The minimum absolute atomic E-state index is 0.00195. The third kappa shape index (κ3) is 5.60. The molecule has 0 radical (unpaired) electrons. The molecular formula is C20H39F2N5. The Labute approximate surface area is 164 Å². The first-order valence-corrected chi connectivity index (χ1v) is 10.6. The first-order valence-electron chi connectivity index (χ1n) is 10.6. The molecule has 0 amide bonds. The van der Waals surface area contributed by atoms with Crippen molar-refractivity contribution in [3.05, 3.63) is 0 Å². The molecule has 158 valence electrons. The lowest BCUT2D eigenvalue weighted by atomic mass is 9.85. The van der Waals surface area contributed by atoms with Crippen molar-refractivity contribution in [1.29, 1.82) is 0 Å². The summed E-state index contributed by atoms with van der Waals surface area (Å²) in [4.78, 5) is 9.42. The van der Waals surface area contributed by atoms with Crippen LogP contribution in [0.4, 0.5) is 8.78 Å². The van der Waals surface area contributed by atoms with Crippen LogP contribution in [-0.4, -0.2) is 118 Å². The lowest BCUT2D eigenvalue weighted by Gasteiger charge is -2.49. The van der Waals surface area contributed by atoms with Gasteiger partial charge in [0, 0.05) is 70.2 Å². The average molecular weight is 388 g/mol. The van der Waals surface area contributed by atoms with E-state index in [1.54, 1.807) is 0 Å². The fourth-order valence-electron chi connectivity index (χ4n) is 5.30. The van der Waals surface area contributed by atoms with Gasteiger partial charge in [0.2, 0.25) is 0 Å². The summed E-state index contributed by atoms with van der Waals surface area (Å²) in [6, 6.07) is 0.668. The second-order valence-electron chi connectivity index (χ2n) is 9.36. The molecule has 0 aliphatic carbocycles. The molecule has 3 fully saturated rings. The molecule has 7 heteroatoms. The van der Waals surface area contributed by atoms with Crippen molar-refractivity contribution in [2.45, 2.75) is 49.7 Å². The standard InChI is InChI=1S/C20H39F2N5/c1-24-10-7-23-13-16(14-24)15-27(4)17-5-8-25(2)18(11-17)19-12-20(21,22)6-9-26(19)3/h16-19,23H,5-15H2,1-4H3. The van der Waals surface area contributed by atoms with Crippen molar-refractivity contribution in [1.82, 2.24) is 24.9 Å². The Hall–Kier alpha value is -0.340. The second kappa shape index (κ2) is 8.99. The highest BCUT2D eigenvalue weighted by molar-refractivity contribution is 4.97. The molecule has 3 aliphatic rings. The molecule has 0 aromatic carbocycles. The summed E-state index contributed by atoms with van der Waals surface area (Å²) in [7, 11) is 8.57. The normalized spacial score (nSPS) is 37.4. The number of nitrogens with one attached hydrogen (secondary N) is 1. The quantitative estimate of drug-likeness (QED) is 0.783. The van der Waals surface area contributed by atoms with Crippen LogP contribution in [0.2, 0.25) is 0 Å². The topological polar surface area (TPSA) is 25.0 Å². The van der Waals surface area contributed by atoms with Crippen molar-refractivity contribution in [2.24, 2.45) is 5.92 Å². The maximum absolute atomic E-state index is 14.1. The number of nitrogens with zero attached hydrogens (tertiary/aromatic N) is 4. The third-order valence-corrected chi connectivity index (χ3v) is 7.09. The van der Waals surface area contributed by atoms with Gasteiger partial charge in [-0.2, -0.15) is 0 Å². The minimum Gasteiger partial charge on any atom is -0.315 e. The van der Waals surface area contributed by atoms with Crippen molar-refractivity contribution in [3.63, 3.8) is 0 Å². The van der Waals surface area contributed by atoms with E-state index in [4.69, 9.17) is 0 Å². The Kier molecular flexibility index (Phi) is 7.12. The molecule has 27 heavy (non-hydrogen) atoms. The van der Waals surface area contributed by atoms with E-state index >= 15 is 0 Å². The third-order valence-electron chi connectivity index (χ3n) is 7.09. The van der Waals surface area contributed by atoms with Crippen LogP contribution >= 0.6 is 0 Å². The Morgan fingerprint density at radius 1 is 1.07 bits per heavy atom. The molecule has 0 aromatic rings. The molecule has 4 unspecified atom stereocenters. The van der Waals surface area contributed by atoms with Gasteiger partial charge < -0.3 is 24.9 Å². The predicted octanol–water partition coefficient (Wildman–Crippen LogP) is 1.26. The van der Waals surface area contributed by atoms with Gasteiger partial charge in [0.15, 0.2) is 0 Å². The van der Waals surface area contributed by atoms with Gasteiger partial charge in [-0.1, -0.05) is 0 Å². The largest absolute Gasteiger partial charge is 0.315 e. The van der Waals surface area contributed by atoms with Gasteiger partial charge in [0.1, 0.15) is 0 Å². The van der Waals surface area contributed by atoms with Crippen LogP contribution in [-0.2, 0) is 0 Å². The Bertz CT molecular complexity index is 477. The first kappa shape index (κ1) is 21.4. The van der Waals surface area contributed by atoms with E-state index in [2.05, 4.69) is 46.1 Å². The van der Waals surface area contributed by atoms with Gasteiger partial charge in [0.25, 0.3) is 5.92 Å². The van der Waals surface area contributed by atoms with E-state index in [1.165, 1.54) is 0 Å². The van der Waals surface area contributed by atoms with Gasteiger partial charge in [-0.15, -0.1) is 0 Å². The van der Waals surface area contributed by atoms with Crippen molar-refractivity contribution >= 4 is 0 Å². The number of likely N-dealkylation sites (N-methyl/N-ethyl adjacent to an activating group) is 3. The number of piperidine rings is 2. The van der Waals surface area contributed by atoms with Crippen LogP contribution in [0.5, 0.6) is 0 Å². The fourth-order valence-corrected chi connectivity index (χ4v) is 5.30. The van der Waals surface area contributed by atoms with E-state index in [0.717, 1.165) is 52.1 Å². The SMILES string of the molecule is CN1CCNCC(CN(C)C2CCN(C)C(C3CC(F)(F)CCN3C)C2)C1. The molecule has 3 heterocycles. The van der Waals surface area contributed by atoms with Gasteiger partial charge in [-0.25, -0.2) is 8.78 Å². The van der Waals surface area contributed by atoms with Crippen molar-refractivity contribution in [3.8, 4) is 0 Å². The zero-order valence-electron chi connectivity index (χ0n) is 17.6. The zero-order valence-corrected chi connectivity index (χ0v) is 17.6. The highest BCUT2D eigenvalue weighted by atomic mass is 19.3. The molecular weight excluding hydrogens is 348 g/mol. The van der Waals surface area contributed by atoms with Gasteiger partial charge in [-0.05, 0) is 53.5 Å². The summed E-state index contributed by atoms with van der Waals surface area (Å²) in [6.45, 7) is 6.96. The molecule has 0 aromatic heterocycles. The molecule has 0 saturated carbocycles.